The van der Waals surface area contributed by atoms with E-state index in [2.05, 4.69) is 5.32 Å². The highest BCUT2D eigenvalue weighted by atomic mass is 19.1. The number of halogens is 2. The summed E-state index contributed by atoms with van der Waals surface area (Å²) in [5.41, 5.74) is 0.258. The van der Waals surface area contributed by atoms with Crippen LogP contribution in [0.3, 0.4) is 0 Å². The summed E-state index contributed by atoms with van der Waals surface area (Å²) in [4.78, 5) is 38.0. The smallest absolute Gasteiger partial charge is 0.234 e. The third kappa shape index (κ3) is 4.88. The summed E-state index contributed by atoms with van der Waals surface area (Å²) in [6.45, 7) is 3.17. The average molecular weight is 433 g/mol. The predicted octanol–water partition coefficient (Wildman–Crippen LogP) is 2.96. The van der Waals surface area contributed by atoms with Gasteiger partial charge in [-0.05, 0) is 62.5 Å². The molecule has 1 atom stereocenters. The third-order valence-corrected chi connectivity index (χ3v) is 7.10. The lowest BCUT2D eigenvalue weighted by Crippen LogP contribution is -2.40. The molecule has 168 valence electrons. The number of hydrogen-bond acceptors (Lipinski definition) is 4. The summed E-state index contributed by atoms with van der Waals surface area (Å²) >= 11 is 0. The molecule has 1 unspecified atom stereocenters. The van der Waals surface area contributed by atoms with Crippen molar-refractivity contribution in [1.82, 2.24) is 10.2 Å². The van der Waals surface area contributed by atoms with Gasteiger partial charge in [0.2, 0.25) is 18.2 Å². The molecule has 3 saturated heterocycles. The Bertz CT molecular complexity index is 823. The van der Waals surface area contributed by atoms with Crippen molar-refractivity contribution in [2.24, 2.45) is 11.8 Å². The van der Waals surface area contributed by atoms with Crippen LogP contribution < -0.4 is 10.2 Å². The van der Waals surface area contributed by atoms with E-state index in [4.69, 9.17) is 0 Å². The van der Waals surface area contributed by atoms with Gasteiger partial charge in [-0.1, -0.05) is 0 Å². The lowest BCUT2D eigenvalue weighted by atomic mass is 9.82. The van der Waals surface area contributed by atoms with Crippen molar-refractivity contribution >= 4 is 23.9 Å². The van der Waals surface area contributed by atoms with Gasteiger partial charge in [0.25, 0.3) is 0 Å². The van der Waals surface area contributed by atoms with Crippen LogP contribution >= 0.6 is 0 Å². The molecule has 3 aliphatic heterocycles. The van der Waals surface area contributed by atoms with Gasteiger partial charge in [0, 0.05) is 43.9 Å². The number of amides is 3. The van der Waals surface area contributed by atoms with E-state index in [9.17, 15) is 23.2 Å². The summed E-state index contributed by atoms with van der Waals surface area (Å²) in [6.07, 6.45) is 6.34. The number of rotatable bonds is 5. The van der Waals surface area contributed by atoms with Gasteiger partial charge < -0.3 is 9.80 Å². The maximum atomic E-state index is 14.8. The van der Waals surface area contributed by atoms with Gasteiger partial charge in [-0.25, -0.2) is 8.78 Å². The number of nitrogens with zero attached hydrogens (tertiary/aromatic N) is 2. The summed E-state index contributed by atoms with van der Waals surface area (Å²) in [6, 6.07) is 2.63. The number of piperidine rings is 3. The molecule has 0 spiro atoms. The summed E-state index contributed by atoms with van der Waals surface area (Å²) in [7, 11) is 0. The first-order chi connectivity index (χ1) is 14.9. The Labute approximate surface area is 181 Å². The van der Waals surface area contributed by atoms with Gasteiger partial charge >= 0.3 is 0 Å². The van der Waals surface area contributed by atoms with E-state index in [0.29, 0.717) is 17.5 Å². The predicted molar refractivity (Wildman–Crippen MR) is 111 cm³/mol. The fourth-order valence-electron chi connectivity index (χ4n) is 5.25. The Balaban J connectivity index is 1.35. The molecule has 3 amide bonds. The second-order valence-electron chi connectivity index (χ2n) is 9.08. The van der Waals surface area contributed by atoms with E-state index in [0.717, 1.165) is 64.7 Å². The number of likely N-dealkylation sites (tertiary alicyclic amines) is 1. The molecule has 6 nitrogen and oxygen atoms in total. The van der Waals surface area contributed by atoms with Gasteiger partial charge in [0.1, 0.15) is 11.6 Å². The Kier molecular flexibility index (Phi) is 6.53. The number of anilines is 1. The van der Waals surface area contributed by atoms with Crippen LogP contribution in [0, 0.1) is 23.5 Å². The number of imide groups is 1. The molecule has 0 radical (unpaired) electrons. The zero-order valence-corrected chi connectivity index (χ0v) is 17.6. The molecule has 4 rings (SSSR count). The largest absolute Gasteiger partial charge is 0.371 e. The van der Waals surface area contributed by atoms with Crippen molar-refractivity contribution in [3.05, 3.63) is 29.3 Å². The van der Waals surface area contributed by atoms with E-state index >= 15 is 0 Å². The van der Waals surface area contributed by atoms with Gasteiger partial charge in [-0.15, -0.1) is 0 Å². The maximum absolute atomic E-state index is 14.8. The highest BCUT2D eigenvalue weighted by molar-refractivity contribution is 6.01. The third-order valence-electron chi connectivity index (χ3n) is 7.10. The quantitative estimate of drug-likeness (QED) is 0.573. The molecular formula is C23H29F2N3O3. The van der Waals surface area contributed by atoms with Gasteiger partial charge in [-0.2, -0.15) is 0 Å². The highest BCUT2D eigenvalue weighted by Gasteiger charge is 2.33. The SMILES string of the molecule is O=CN1CCC(CC2CCN(c3cc(F)c(C4CCC(=O)NC4=O)c(F)c3)CC2)CC1. The number of carbonyl (C=O) groups excluding carboxylic acids is 3. The minimum atomic E-state index is -0.969. The molecule has 0 bridgehead atoms. The monoisotopic (exact) mass is 433 g/mol. The fraction of sp³-hybridized carbons (Fsp3) is 0.609. The van der Waals surface area contributed by atoms with Crippen LogP contribution in [0.4, 0.5) is 14.5 Å². The highest BCUT2D eigenvalue weighted by Crippen LogP contribution is 2.35. The van der Waals surface area contributed by atoms with E-state index in [1.807, 2.05) is 9.80 Å². The molecule has 3 heterocycles. The van der Waals surface area contributed by atoms with Crippen LogP contribution in [0.25, 0.3) is 0 Å². The first-order valence-electron chi connectivity index (χ1n) is 11.2. The first-order valence-corrected chi connectivity index (χ1v) is 11.2. The van der Waals surface area contributed by atoms with Gasteiger partial charge in [-0.3, -0.25) is 19.7 Å². The van der Waals surface area contributed by atoms with Gasteiger partial charge in [0.05, 0.1) is 5.92 Å². The molecule has 1 aromatic carbocycles. The van der Waals surface area contributed by atoms with E-state index in [-0.39, 0.29) is 18.4 Å². The van der Waals surface area contributed by atoms with Crippen LogP contribution in [0.1, 0.15) is 56.4 Å². The van der Waals surface area contributed by atoms with E-state index in [1.165, 1.54) is 12.1 Å². The van der Waals surface area contributed by atoms with Gasteiger partial charge in [0.15, 0.2) is 0 Å². The molecule has 1 aromatic rings. The first kappa shape index (κ1) is 21.7. The second-order valence-corrected chi connectivity index (χ2v) is 9.08. The van der Waals surface area contributed by atoms with E-state index in [1.54, 1.807) is 0 Å². The van der Waals surface area contributed by atoms with Crippen molar-refractivity contribution in [2.45, 2.75) is 50.9 Å². The van der Waals surface area contributed by atoms with Crippen molar-refractivity contribution < 1.29 is 23.2 Å². The molecule has 3 aliphatic rings. The molecular weight excluding hydrogens is 404 g/mol. The minimum Gasteiger partial charge on any atom is -0.371 e. The average Bonchev–Trinajstić information content (AvgIpc) is 2.76. The summed E-state index contributed by atoms with van der Waals surface area (Å²) < 4.78 is 29.6. The molecule has 0 saturated carbocycles. The zero-order valence-electron chi connectivity index (χ0n) is 17.6. The normalized spacial score (nSPS) is 23.7. The fourth-order valence-corrected chi connectivity index (χ4v) is 5.25. The van der Waals surface area contributed by atoms with Crippen molar-refractivity contribution in [3.63, 3.8) is 0 Å². The topological polar surface area (TPSA) is 69.7 Å². The van der Waals surface area contributed by atoms with Crippen LogP contribution in [-0.4, -0.2) is 49.3 Å². The number of hydrogen-bond donors (Lipinski definition) is 1. The molecule has 0 aromatic heterocycles. The van der Waals surface area contributed by atoms with E-state index < -0.39 is 29.4 Å². The van der Waals surface area contributed by atoms with Crippen molar-refractivity contribution in [1.29, 1.82) is 0 Å². The lowest BCUT2D eigenvalue weighted by Gasteiger charge is -2.37. The number of carbonyl (C=O) groups is 3. The Morgan fingerprint density at radius 1 is 0.935 bits per heavy atom. The summed E-state index contributed by atoms with van der Waals surface area (Å²) in [5.74, 6) is -2.22. The Morgan fingerprint density at radius 2 is 1.52 bits per heavy atom. The molecule has 8 heteroatoms. The maximum Gasteiger partial charge on any atom is 0.234 e. The standard InChI is InChI=1S/C23H29F2N3O3/c24-19-12-17(13-20(25)22(19)18-1-2-21(30)26-23(18)31)28-9-5-16(6-10-28)11-15-3-7-27(14-29)8-4-15/h12-16,18H,1-11H2,(H,26,30,31). The van der Waals surface area contributed by atoms with Crippen molar-refractivity contribution in [2.75, 3.05) is 31.1 Å². The van der Waals surface area contributed by atoms with Crippen LogP contribution in [0.5, 0.6) is 0 Å². The zero-order chi connectivity index (χ0) is 22.0. The number of nitrogens with one attached hydrogen (secondary N) is 1. The Morgan fingerprint density at radius 3 is 2.06 bits per heavy atom. The van der Waals surface area contributed by atoms with Crippen LogP contribution in [0.15, 0.2) is 12.1 Å². The summed E-state index contributed by atoms with van der Waals surface area (Å²) in [5, 5.41) is 2.16. The number of benzene rings is 1. The molecule has 31 heavy (non-hydrogen) atoms. The van der Waals surface area contributed by atoms with Crippen LogP contribution in [-0.2, 0) is 14.4 Å². The molecule has 0 aliphatic carbocycles. The lowest BCUT2D eigenvalue weighted by molar-refractivity contribution is -0.134. The molecule has 3 fully saturated rings. The Hall–Kier alpha value is -2.51. The van der Waals surface area contributed by atoms with Crippen molar-refractivity contribution in [3.8, 4) is 0 Å². The van der Waals surface area contributed by atoms with Crippen LogP contribution in [0.2, 0.25) is 0 Å². The second kappa shape index (κ2) is 9.32. The minimum absolute atomic E-state index is 0.0821. The molecule has 1 N–H and O–H groups in total.